The molecule has 1 atom stereocenters. The molecule has 20 heavy (non-hydrogen) atoms. The smallest absolute Gasteiger partial charge is 0.267 e. The summed E-state index contributed by atoms with van der Waals surface area (Å²) in [6, 6.07) is 9.15. The number of thioether (sulfide) groups is 1. The molecule has 0 saturated carbocycles. The SMILES string of the molecule is O=S(=O)(O)CC(O)CSc1nnnn1-c1ccccc1. The van der Waals surface area contributed by atoms with Crippen LogP contribution in [0, 0.1) is 0 Å². The van der Waals surface area contributed by atoms with Crippen LogP contribution in [-0.2, 0) is 10.1 Å². The van der Waals surface area contributed by atoms with Crippen LogP contribution in [0.15, 0.2) is 35.5 Å². The Morgan fingerprint density at radius 1 is 1.30 bits per heavy atom. The molecule has 1 aromatic heterocycles. The highest BCUT2D eigenvalue weighted by Gasteiger charge is 2.16. The third kappa shape index (κ3) is 4.27. The van der Waals surface area contributed by atoms with Gasteiger partial charge in [0.15, 0.2) is 0 Å². The van der Waals surface area contributed by atoms with E-state index in [1.807, 2.05) is 30.3 Å². The predicted octanol–water partition coefficient (Wildman–Crippen LogP) is 0.00310. The molecule has 0 fully saturated rings. The molecule has 0 aliphatic carbocycles. The van der Waals surface area contributed by atoms with Gasteiger partial charge in [0.25, 0.3) is 10.1 Å². The first-order chi connectivity index (χ1) is 9.46. The van der Waals surface area contributed by atoms with Crippen molar-refractivity contribution in [1.82, 2.24) is 20.2 Å². The first-order valence-electron chi connectivity index (χ1n) is 5.55. The van der Waals surface area contributed by atoms with Crippen LogP contribution < -0.4 is 0 Å². The fourth-order valence-corrected chi connectivity index (χ4v) is 3.03. The average molecular weight is 316 g/mol. The molecule has 2 aromatic rings. The third-order valence-electron chi connectivity index (χ3n) is 2.25. The molecule has 0 spiro atoms. The van der Waals surface area contributed by atoms with Gasteiger partial charge in [-0.2, -0.15) is 13.1 Å². The molecule has 108 valence electrons. The van der Waals surface area contributed by atoms with Crippen molar-refractivity contribution >= 4 is 21.9 Å². The summed E-state index contributed by atoms with van der Waals surface area (Å²) in [6.07, 6.45) is -1.20. The van der Waals surface area contributed by atoms with Gasteiger partial charge in [-0.15, -0.1) is 5.10 Å². The van der Waals surface area contributed by atoms with Crippen molar-refractivity contribution < 1.29 is 18.1 Å². The Morgan fingerprint density at radius 3 is 2.65 bits per heavy atom. The molecule has 1 heterocycles. The van der Waals surface area contributed by atoms with Crippen molar-refractivity contribution in [2.24, 2.45) is 0 Å². The quantitative estimate of drug-likeness (QED) is 0.565. The van der Waals surface area contributed by atoms with Crippen LogP contribution in [0.4, 0.5) is 0 Å². The monoisotopic (exact) mass is 316 g/mol. The van der Waals surface area contributed by atoms with E-state index in [0.717, 1.165) is 17.4 Å². The molecular formula is C10H12N4O4S2. The molecule has 1 unspecified atom stereocenters. The second kappa shape index (κ2) is 6.31. The van der Waals surface area contributed by atoms with Gasteiger partial charge in [0.05, 0.1) is 11.8 Å². The van der Waals surface area contributed by atoms with E-state index >= 15 is 0 Å². The normalized spacial score (nSPS) is 13.3. The van der Waals surface area contributed by atoms with Gasteiger partial charge in [-0.25, -0.2) is 0 Å². The molecular weight excluding hydrogens is 304 g/mol. The number of tetrazole rings is 1. The summed E-state index contributed by atoms with van der Waals surface area (Å²) in [5, 5.41) is 21.1. The Morgan fingerprint density at radius 2 is 2.00 bits per heavy atom. The summed E-state index contributed by atoms with van der Waals surface area (Å²) in [7, 11) is -4.20. The Bertz CT molecular complexity index is 659. The standard InChI is InChI=1S/C10H12N4O4S2/c15-9(7-20(16,17)18)6-19-10-11-12-13-14(10)8-4-2-1-3-5-8/h1-5,9,15H,6-7H2,(H,16,17,18). The second-order valence-electron chi connectivity index (χ2n) is 3.92. The van der Waals surface area contributed by atoms with Crippen LogP contribution >= 0.6 is 11.8 Å². The van der Waals surface area contributed by atoms with E-state index in [4.69, 9.17) is 4.55 Å². The van der Waals surface area contributed by atoms with E-state index in [1.54, 1.807) is 0 Å². The maximum Gasteiger partial charge on any atom is 0.267 e. The number of para-hydroxylation sites is 1. The van der Waals surface area contributed by atoms with Crippen molar-refractivity contribution in [2.45, 2.75) is 11.3 Å². The summed E-state index contributed by atoms with van der Waals surface area (Å²) >= 11 is 1.10. The maximum absolute atomic E-state index is 10.6. The minimum Gasteiger partial charge on any atom is -0.391 e. The third-order valence-corrected chi connectivity index (χ3v) is 4.12. The molecule has 2 rings (SSSR count). The summed E-state index contributed by atoms with van der Waals surface area (Å²) in [6.45, 7) is 0. The number of rotatable bonds is 6. The van der Waals surface area contributed by atoms with Crippen LogP contribution in [0.25, 0.3) is 5.69 Å². The molecule has 0 aliphatic rings. The molecule has 0 radical (unpaired) electrons. The number of hydrogen-bond acceptors (Lipinski definition) is 7. The van der Waals surface area contributed by atoms with E-state index in [-0.39, 0.29) is 5.75 Å². The van der Waals surface area contributed by atoms with Gasteiger partial charge in [-0.1, -0.05) is 30.0 Å². The van der Waals surface area contributed by atoms with Gasteiger partial charge >= 0.3 is 0 Å². The molecule has 2 N–H and O–H groups in total. The zero-order valence-electron chi connectivity index (χ0n) is 10.2. The number of nitrogens with zero attached hydrogens (tertiary/aromatic N) is 4. The van der Waals surface area contributed by atoms with Crippen molar-refractivity contribution in [1.29, 1.82) is 0 Å². The molecule has 0 bridgehead atoms. The highest BCUT2D eigenvalue weighted by Crippen LogP contribution is 2.18. The minimum atomic E-state index is -4.20. The van der Waals surface area contributed by atoms with Crippen LogP contribution in [-0.4, -0.2) is 55.9 Å². The summed E-state index contributed by atoms with van der Waals surface area (Å²) in [5.41, 5.74) is 0.754. The first kappa shape index (κ1) is 14.9. The van der Waals surface area contributed by atoms with Crippen molar-refractivity contribution in [2.75, 3.05) is 11.5 Å². The number of aliphatic hydroxyl groups excluding tert-OH is 1. The van der Waals surface area contributed by atoms with Gasteiger partial charge in [-0.3, -0.25) is 4.55 Å². The van der Waals surface area contributed by atoms with Crippen LogP contribution in [0.3, 0.4) is 0 Å². The van der Waals surface area contributed by atoms with Crippen molar-refractivity contribution in [3.8, 4) is 5.69 Å². The van der Waals surface area contributed by atoms with Crippen molar-refractivity contribution in [3.63, 3.8) is 0 Å². The van der Waals surface area contributed by atoms with Gasteiger partial charge in [-0.05, 0) is 22.6 Å². The van der Waals surface area contributed by atoms with Gasteiger partial charge < -0.3 is 5.11 Å². The summed E-state index contributed by atoms with van der Waals surface area (Å²) < 4.78 is 31.4. The number of hydrogen-bond donors (Lipinski definition) is 2. The molecule has 0 amide bonds. The van der Waals surface area contributed by atoms with Gasteiger partial charge in [0, 0.05) is 5.75 Å². The fourth-order valence-electron chi connectivity index (χ4n) is 1.46. The minimum absolute atomic E-state index is 0.0486. The highest BCUT2D eigenvalue weighted by molar-refractivity contribution is 7.99. The van der Waals surface area contributed by atoms with Crippen LogP contribution in [0.1, 0.15) is 0 Å². The van der Waals surface area contributed by atoms with Gasteiger partial charge in [0.2, 0.25) is 5.16 Å². The fraction of sp³-hybridized carbons (Fsp3) is 0.300. The Kier molecular flexibility index (Phi) is 4.70. The maximum atomic E-state index is 10.6. The van der Waals surface area contributed by atoms with Crippen LogP contribution in [0.2, 0.25) is 0 Å². The van der Waals surface area contributed by atoms with E-state index in [9.17, 15) is 13.5 Å². The lowest BCUT2D eigenvalue weighted by Crippen LogP contribution is -2.22. The lowest BCUT2D eigenvalue weighted by atomic mass is 10.3. The molecule has 0 aliphatic heterocycles. The molecule has 10 heteroatoms. The van der Waals surface area contributed by atoms with Crippen LogP contribution in [0.5, 0.6) is 0 Å². The lowest BCUT2D eigenvalue weighted by Gasteiger charge is -2.08. The van der Waals surface area contributed by atoms with E-state index < -0.39 is 22.0 Å². The largest absolute Gasteiger partial charge is 0.391 e. The average Bonchev–Trinajstić information content (AvgIpc) is 2.83. The highest BCUT2D eigenvalue weighted by atomic mass is 32.2. The zero-order chi connectivity index (χ0) is 14.6. The van der Waals surface area contributed by atoms with Crippen molar-refractivity contribution in [3.05, 3.63) is 30.3 Å². The second-order valence-corrected chi connectivity index (χ2v) is 6.41. The first-order valence-corrected chi connectivity index (χ1v) is 8.15. The topological polar surface area (TPSA) is 118 Å². The van der Waals surface area contributed by atoms with E-state index in [1.165, 1.54) is 4.68 Å². The lowest BCUT2D eigenvalue weighted by molar-refractivity contribution is 0.220. The summed E-state index contributed by atoms with van der Waals surface area (Å²) in [4.78, 5) is 0. The molecule has 0 saturated heterocycles. The number of benzene rings is 1. The van der Waals surface area contributed by atoms with Gasteiger partial charge in [0.1, 0.15) is 5.75 Å². The Labute approximate surface area is 119 Å². The van der Waals surface area contributed by atoms with E-state index in [0.29, 0.717) is 5.16 Å². The zero-order valence-corrected chi connectivity index (χ0v) is 11.8. The Balaban J connectivity index is 2.03. The van der Waals surface area contributed by atoms with E-state index in [2.05, 4.69) is 15.5 Å². The molecule has 8 nitrogen and oxygen atoms in total. The number of aliphatic hydroxyl groups is 1. The summed E-state index contributed by atoms with van der Waals surface area (Å²) in [5.74, 6) is -0.667. The Hall–Kier alpha value is -1.49. The molecule has 1 aromatic carbocycles. The number of aromatic nitrogens is 4. The predicted molar refractivity (Wildman–Crippen MR) is 72.3 cm³/mol.